The van der Waals surface area contributed by atoms with Gasteiger partial charge in [0.25, 0.3) is 5.69 Å². The van der Waals surface area contributed by atoms with Crippen LogP contribution in [0.2, 0.25) is 0 Å². The summed E-state index contributed by atoms with van der Waals surface area (Å²) in [6, 6.07) is 13.9. The fourth-order valence-corrected chi connectivity index (χ4v) is 4.90. The number of nitrogens with zero attached hydrogens (tertiary/aromatic N) is 2. The molecule has 5 rings (SSSR count). The van der Waals surface area contributed by atoms with Crippen LogP contribution in [0.15, 0.2) is 48.5 Å². The first-order valence-corrected chi connectivity index (χ1v) is 11.6. The van der Waals surface area contributed by atoms with Crippen molar-refractivity contribution >= 4 is 40.0 Å². The second-order valence-corrected chi connectivity index (χ2v) is 8.81. The van der Waals surface area contributed by atoms with Gasteiger partial charge in [0, 0.05) is 23.9 Å². The molecule has 0 radical (unpaired) electrons. The van der Waals surface area contributed by atoms with Gasteiger partial charge < -0.3 is 4.74 Å². The molecule has 2 aliphatic rings. The van der Waals surface area contributed by atoms with Gasteiger partial charge in [-0.3, -0.25) is 14.9 Å². The van der Waals surface area contributed by atoms with E-state index < -0.39 is 17.0 Å². The molecule has 0 spiro atoms. The number of aromatic nitrogens is 1. The molecule has 1 heterocycles. The van der Waals surface area contributed by atoms with E-state index in [4.69, 9.17) is 9.72 Å². The summed E-state index contributed by atoms with van der Waals surface area (Å²) in [5, 5.41) is 11.9. The molecule has 0 amide bonds. The van der Waals surface area contributed by atoms with E-state index in [0.29, 0.717) is 41.3 Å². The predicted molar refractivity (Wildman–Crippen MR) is 128 cm³/mol. The largest absolute Gasteiger partial charge is 0.451 e. The molecule has 3 aromatic rings. The number of non-ortho nitro benzene ring substituents is 1. The zero-order chi connectivity index (χ0) is 23.7. The van der Waals surface area contributed by atoms with Crippen LogP contribution in [0, 0.1) is 10.1 Å². The van der Waals surface area contributed by atoms with E-state index in [9.17, 15) is 19.7 Å². The van der Waals surface area contributed by atoms with E-state index >= 15 is 0 Å². The zero-order valence-corrected chi connectivity index (χ0v) is 18.7. The number of fused-ring (bicyclic) bond motifs is 2. The van der Waals surface area contributed by atoms with Gasteiger partial charge in [-0.25, -0.2) is 9.78 Å². The lowest BCUT2D eigenvalue weighted by molar-refractivity contribution is -0.384. The van der Waals surface area contributed by atoms with Crippen molar-refractivity contribution in [1.29, 1.82) is 0 Å². The molecule has 1 saturated carbocycles. The molecule has 7 heteroatoms. The molecule has 1 fully saturated rings. The van der Waals surface area contributed by atoms with E-state index in [1.165, 1.54) is 12.1 Å². The summed E-state index contributed by atoms with van der Waals surface area (Å²) in [7, 11) is 0. The van der Waals surface area contributed by atoms with Gasteiger partial charge in [0.1, 0.15) is 0 Å². The van der Waals surface area contributed by atoms with Gasteiger partial charge in [0.15, 0.2) is 11.9 Å². The van der Waals surface area contributed by atoms with E-state index in [-0.39, 0.29) is 11.5 Å². The highest BCUT2D eigenvalue weighted by Gasteiger charge is 2.30. The Morgan fingerprint density at radius 3 is 2.74 bits per heavy atom. The van der Waals surface area contributed by atoms with Crippen molar-refractivity contribution in [3.63, 3.8) is 0 Å². The van der Waals surface area contributed by atoms with Crippen LogP contribution in [0.5, 0.6) is 0 Å². The van der Waals surface area contributed by atoms with Crippen LogP contribution in [-0.4, -0.2) is 27.8 Å². The number of pyridine rings is 1. The van der Waals surface area contributed by atoms with E-state index in [1.807, 2.05) is 36.4 Å². The second-order valence-electron chi connectivity index (χ2n) is 8.81. The maximum atomic E-state index is 13.4. The van der Waals surface area contributed by atoms with E-state index in [0.717, 1.165) is 42.5 Å². The summed E-state index contributed by atoms with van der Waals surface area (Å²) in [5.74, 6) is -0.496. The standard InChI is InChI=1S/C27H24N2O5/c30-23-13-3-4-14-24(23)34-27(31)25-20-10-1-2-12-22(20)28-26-18(8-6-11-21(25)26)15-17-7-5-9-19(16-17)29(32)33/h1-2,5,7,9-10,12,15-16,24H,3-4,6,8,11,13-14H2. The van der Waals surface area contributed by atoms with Gasteiger partial charge in [0.2, 0.25) is 0 Å². The molecule has 7 nitrogen and oxygen atoms in total. The molecule has 2 aromatic carbocycles. The van der Waals surface area contributed by atoms with Crippen LogP contribution < -0.4 is 0 Å². The summed E-state index contributed by atoms with van der Waals surface area (Å²) in [5.41, 5.74) is 4.35. The molecule has 1 unspecified atom stereocenters. The van der Waals surface area contributed by atoms with Gasteiger partial charge in [0.05, 0.1) is 21.7 Å². The smallest absolute Gasteiger partial charge is 0.339 e. The maximum Gasteiger partial charge on any atom is 0.339 e. The van der Waals surface area contributed by atoms with Crippen LogP contribution in [0.3, 0.4) is 0 Å². The summed E-state index contributed by atoms with van der Waals surface area (Å²) >= 11 is 0. The Morgan fingerprint density at radius 1 is 1.06 bits per heavy atom. The lowest BCUT2D eigenvalue weighted by Gasteiger charge is -2.25. The molecular formula is C27H24N2O5. The fraction of sp³-hybridized carbons (Fsp3) is 0.296. The molecule has 0 aliphatic heterocycles. The monoisotopic (exact) mass is 456 g/mol. The zero-order valence-electron chi connectivity index (χ0n) is 18.7. The number of nitro benzene ring substituents is 1. The lowest BCUT2D eigenvalue weighted by atomic mass is 9.85. The number of allylic oxidation sites excluding steroid dienone is 1. The van der Waals surface area contributed by atoms with Crippen molar-refractivity contribution in [2.24, 2.45) is 0 Å². The SMILES string of the molecule is O=C(OC1CCCCC1=O)c1c2c(nc3ccccc13)C(=Cc1cccc([N+](=O)[O-])c1)CCC2. The van der Waals surface area contributed by atoms with Crippen LogP contribution in [0.4, 0.5) is 5.69 Å². The van der Waals surface area contributed by atoms with Crippen molar-refractivity contribution in [2.45, 2.75) is 51.0 Å². The van der Waals surface area contributed by atoms with Crippen LogP contribution in [0.1, 0.15) is 65.7 Å². The Balaban J connectivity index is 1.61. The molecule has 0 N–H and O–H groups in total. The number of Topliss-reactive ketones (excluding diaryl/α,β-unsaturated/α-hetero) is 1. The number of carbonyl (C=O) groups excluding carboxylic acids is 2. The van der Waals surface area contributed by atoms with E-state index in [1.54, 1.807) is 6.07 Å². The van der Waals surface area contributed by atoms with Crippen LogP contribution in [0.25, 0.3) is 22.6 Å². The topological polar surface area (TPSA) is 99.4 Å². The number of benzene rings is 2. The molecule has 0 saturated heterocycles. The fourth-order valence-electron chi connectivity index (χ4n) is 4.90. The number of nitro groups is 1. The Morgan fingerprint density at radius 2 is 1.91 bits per heavy atom. The van der Waals surface area contributed by atoms with Gasteiger partial charge in [-0.05, 0) is 67.4 Å². The lowest BCUT2D eigenvalue weighted by Crippen LogP contribution is -2.30. The first-order valence-electron chi connectivity index (χ1n) is 11.6. The first-order chi connectivity index (χ1) is 16.5. The summed E-state index contributed by atoms with van der Waals surface area (Å²) < 4.78 is 5.75. The minimum absolute atomic E-state index is 0.0157. The highest BCUT2D eigenvalue weighted by molar-refractivity contribution is 6.07. The average molecular weight is 456 g/mol. The Labute approximate surface area is 196 Å². The van der Waals surface area contributed by atoms with Crippen LogP contribution in [-0.2, 0) is 16.0 Å². The summed E-state index contributed by atoms with van der Waals surface area (Å²) in [4.78, 5) is 41.4. The third-order valence-corrected chi connectivity index (χ3v) is 6.54. The number of esters is 1. The van der Waals surface area contributed by atoms with Crippen LogP contribution >= 0.6 is 0 Å². The van der Waals surface area contributed by atoms with Gasteiger partial charge >= 0.3 is 5.97 Å². The van der Waals surface area contributed by atoms with E-state index in [2.05, 4.69) is 0 Å². The molecule has 172 valence electrons. The number of carbonyl (C=O) groups is 2. The number of hydrogen-bond donors (Lipinski definition) is 0. The van der Waals surface area contributed by atoms with Gasteiger partial charge in [-0.15, -0.1) is 0 Å². The quantitative estimate of drug-likeness (QED) is 0.284. The number of ether oxygens (including phenoxy) is 1. The summed E-state index contributed by atoms with van der Waals surface area (Å²) in [6.45, 7) is 0. The van der Waals surface area contributed by atoms with Crippen molar-refractivity contribution in [2.75, 3.05) is 0 Å². The highest BCUT2D eigenvalue weighted by atomic mass is 16.6. The molecule has 0 bridgehead atoms. The Hall–Kier alpha value is -3.87. The second kappa shape index (κ2) is 9.17. The minimum atomic E-state index is -0.688. The third kappa shape index (κ3) is 4.21. The van der Waals surface area contributed by atoms with Crippen molar-refractivity contribution < 1.29 is 19.2 Å². The van der Waals surface area contributed by atoms with Crippen molar-refractivity contribution in [1.82, 2.24) is 4.98 Å². The molecule has 1 aromatic heterocycles. The minimum Gasteiger partial charge on any atom is -0.451 e. The molecule has 2 aliphatic carbocycles. The highest BCUT2D eigenvalue weighted by Crippen LogP contribution is 2.37. The number of ketones is 1. The van der Waals surface area contributed by atoms with Crippen molar-refractivity contribution in [3.8, 4) is 0 Å². The predicted octanol–water partition coefficient (Wildman–Crippen LogP) is 5.69. The number of para-hydroxylation sites is 1. The Kier molecular flexibility index (Phi) is 5.92. The molecule has 34 heavy (non-hydrogen) atoms. The van der Waals surface area contributed by atoms with Crippen molar-refractivity contribution in [3.05, 3.63) is 81.0 Å². The molecule has 1 atom stereocenters. The van der Waals surface area contributed by atoms with Gasteiger partial charge in [-0.2, -0.15) is 0 Å². The normalized spacial score (nSPS) is 19.1. The van der Waals surface area contributed by atoms with Gasteiger partial charge in [-0.1, -0.05) is 30.3 Å². The number of hydrogen-bond acceptors (Lipinski definition) is 6. The Bertz CT molecular complexity index is 1340. The first kappa shape index (κ1) is 21.9. The molecular weight excluding hydrogens is 432 g/mol. The third-order valence-electron chi connectivity index (χ3n) is 6.54. The summed E-state index contributed by atoms with van der Waals surface area (Å²) in [6.07, 6.45) is 6.17. The number of rotatable bonds is 4. The average Bonchev–Trinajstić information content (AvgIpc) is 2.84. The maximum absolute atomic E-state index is 13.4.